The number of nitrogens with zero attached hydrogens (tertiary/aromatic N) is 3. The van der Waals surface area contributed by atoms with Crippen molar-refractivity contribution in [1.82, 2.24) is 9.88 Å². The lowest BCUT2D eigenvalue weighted by molar-refractivity contribution is -0.122. The molecule has 1 saturated heterocycles. The summed E-state index contributed by atoms with van der Waals surface area (Å²) in [6.07, 6.45) is -0.151. The molecule has 8 heteroatoms. The van der Waals surface area contributed by atoms with Crippen LogP contribution in [-0.4, -0.2) is 33.6 Å². The first-order chi connectivity index (χ1) is 19.8. The Labute approximate surface area is 240 Å². The minimum atomic E-state index is -1.01. The number of anilines is 1. The summed E-state index contributed by atoms with van der Waals surface area (Å²) in [7, 11) is 0. The van der Waals surface area contributed by atoms with E-state index < -0.39 is 29.7 Å². The van der Waals surface area contributed by atoms with Crippen LogP contribution >= 0.6 is 11.3 Å². The number of imide groups is 1. The predicted molar refractivity (Wildman–Crippen MR) is 158 cm³/mol. The molecule has 0 N–H and O–H groups in total. The Hall–Kier alpha value is -4.69. The van der Waals surface area contributed by atoms with E-state index in [1.807, 2.05) is 68.4 Å². The van der Waals surface area contributed by atoms with Crippen LogP contribution in [0.1, 0.15) is 40.9 Å². The third kappa shape index (κ3) is 5.02. The molecule has 5 aromatic rings. The molecule has 0 spiro atoms. The molecule has 6 nitrogen and oxygen atoms in total. The van der Waals surface area contributed by atoms with Gasteiger partial charge in [-0.1, -0.05) is 36.4 Å². The van der Waals surface area contributed by atoms with Crippen LogP contribution in [-0.2, 0) is 9.59 Å². The number of halogens is 1. The van der Waals surface area contributed by atoms with Crippen LogP contribution in [0.25, 0.3) is 20.8 Å². The summed E-state index contributed by atoms with van der Waals surface area (Å²) in [4.78, 5) is 48.2. The molecule has 0 saturated carbocycles. The summed E-state index contributed by atoms with van der Waals surface area (Å²) in [5.74, 6) is -1.78. The number of aromatic nitrogens is 1. The van der Waals surface area contributed by atoms with Crippen molar-refractivity contribution >= 4 is 45.0 Å². The number of carbonyl (C=O) groups is 3. The molecular weight excluding hydrogens is 537 g/mol. The summed E-state index contributed by atoms with van der Waals surface area (Å²) in [6.45, 7) is 3.87. The van der Waals surface area contributed by atoms with Gasteiger partial charge in [0.05, 0.1) is 28.4 Å². The fourth-order valence-electron chi connectivity index (χ4n) is 5.23. The lowest BCUT2D eigenvalue weighted by Crippen LogP contribution is -2.46. The summed E-state index contributed by atoms with van der Waals surface area (Å²) in [5, 5.41) is 0.849. The molecule has 1 aliphatic heterocycles. The Bertz CT molecular complexity index is 1770. The lowest BCUT2D eigenvalue weighted by Gasteiger charge is -2.33. The van der Waals surface area contributed by atoms with E-state index >= 15 is 0 Å². The molecule has 1 aliphatic rings. The van der Waals surface area contributed by atoms with Gasteiger partial charge in [0.1, 0.15) is 16.9 Å². The molecule has 0 radical (unpaired) electrons. The Morgan fingerprint density at radius 2 is 1.68 bits per heavy atom. The van der Waals surface area contributed by atoms with Gasteiger partial charge >= 0.3 is 0 Å². The average molecular weight is 564 g/mol. The monoisotopic (exact) mass is 563 g/mol. The quantitative estimate of drug-likeness (QED) is 0.210. The van der Waals surface area contributed by atoms with E-state index in [-0.39, 0.29) is 17.9 Å². The molecular formula is C33H26FN3O3S. The highest BCUT2D eigenvalue weighted by Crippen LogP contribution is 2.35. The zero-order chi connectivity index (χ0) is 28.7. The molecule has 2 atom stereocenters. The first-order valence-corrected chi connectivity index (χ1v) is 14.1. The van der Waals surface area contributed by atoms with Crippen molar-refractivity contribution in [2.45, 2.75) is 32.4 Å². The average Bonchev–Trinajstić information content (AvgIpc) is 3.53. The van der Waals surface area contributed by atoms with Crippen molar-refractivity contribution in [2.75, 3.05) is 4.90 Å². The highest BCUT2D eigenvalue weighted by Gasteiger charge is 2.46. The fraction of sp³-hybridized carbons (Fsp3) is 0.152. The maximum Gasteiger partial charge on any atom is 0.257 e. The van der Waals surface area contributed by atoms with Crippen LogP contribution in [0.2, 0.25) is 0 Å². The number of hydrogen-bond acceptors (Lipinski definition) is 5. The Kier molecular flexibility index (Phi) is 6.93. The van der Waals surface area contributed by atoms with Crippen LogP contribution in [0.15, 0.2) is 97.1 Å². The standard InChI is InChI=1S/C33H26FN3O3S/c1-20-8-17-27-29(18-20)41-31(35-27)23-11-15-26(16-12-23)37-30(38)19-28(33(37)40)36(21(2)22-6-4-3-5-7-22)32(39)24-9-13-25(34)14-10-24/h3-18,21,28H,19H2,1-2H3. The normalized spacial score (nSPS) is 15.9. The summed E-state index contributed by atoms with van der Waals surface area (Å²) >= 11 is 1.58. The minimum absolute atomic E-state index is 0.151. The predicted octanol–water partition coefficient (Wildman–Crippen LogP) is 6.95. The van der Waals surface area contributed by atoms with Gasteiger partial charge in [-0.05, 0) is 85.6 Å². The maximum atomic E-state index is 13.8. The first kappa shape index (κ1) is 26.5. The van der Waals surface area contributed by atoms with Gasteiger partial charge in [-0.25, -0.2) is 14.3 Å². The third-order valence-electron chi connectivity index (χ3n) is 7.40. The minimum Gasteiger partial charge on any atom is -0.319 e. The van der Waals surface area contributed by atoms with Crippen LogP contribution in [0.4, 0.5) is 10.1 Å². The van der Waals surface area contributed by atoms with Crippen molar-refractivity contribution < 1.29 is 18.8 Å². The molecule has 0 bridgehead atoms. The number of rotatable bonds is 6. The van der Waals surface area contributed by atoms with Crippen molar-refractivity contribution in [1.29, 1.82) is 0 Å². The smallest absolute Gasteiger partial charge is 0.257 e. The maximum absolute atomic E-state index is 13.8. The molecule has 204 valence electrons. The van der Waals surface area contributed by atoms with Crippen molar-refractivity contribution in [3.05, 3.63) is 120 Å². The molecule has 3 amide bonds. The molecule has 6 rings (SSSR count). The van der Waals surface area contributed by atoms with Crippen molar-refractivity contribution in [3.63, 3.8) is 0 Å². The zero-order valence-electron chi connectivity index (χ0n) is 22.5. The molecule has 1 fully saturated rings. The Morgan fingerprint density at radius 3 is 2.39 bits per heavy atom. The van der Waals surface area contributed by atoms with Gasteiger partial charge in [-0.2, -0.15) is 0 Å². The highest BCUT2D eigenvalue weighted by molar-refractivity contribution is 7.21. The third-order valence-corrected chi connectivity index (χ3v) is 8.47. The van der Waals surface area contributed by atoms with E-state index in [0.717, 1.165) is 36.8 Å². The van der Waals surface area contributed by atoms with Crippen LogP contribution < -0.4 is 4.90 Å². The summed E-state index contributed by atoms with van der Waals surface area (Å²) in [5.41, 5.74) is 4.46. The number of amides is 3. The molecule has 2 heterocycles. The summed E-state index contributed by atoms with van der Waals surface area (Å²) in [6, 6.07) is 26.3. The number of thiazole rings is 1. The van der Waals surface area contributed by atoms with E-state index in [1.54, 1.807) is 23.5 Å². The van der Waals surface area contributed by atoms with Gasteiger partial charge in [-0.15, -0.1) is 11.3 Å². The number of benzene rings is 4. The van der Waals surface area contributed by atoms with Crippen LogP contribution in [0, 0.1) is 12.7 Å². The highest BCUT2D eigenvalue weighted by atomic mass is 32.1. The first-order valence-electron chi connectivity index (χ1n) is 13.3. The van der Waals surface area contributed by atoms with Gasteiger partial charge in [0.2, 0.25) is 5.91 Å². The molecule has 1 aromatic heterocycles. The second-order valence-corrected chi connectivity index (χ2v) is 11.2. The van der Waals surface area contributed by atoms with Crippen molar-refractivity contribution in [3.8, 4) is 10.6 Å². The number of hydrogen-bond donors (Lipinski definition) is 0. The molecule has 41 heavy (non-hydrogen) atoms. The Morgan fingerprint density at radius 1 is 0.976 bits per heavy atom. The van der Waals surface area contributed by atoms with Gasteiger partial charge in [0.15, 0.2) is 0 Å². The largest absolute Gasteiger partial charge is 0.319 e. The Balaban J connectivity index is 1.31. The van der Waals surface area contributed by atoms with Gasteiger partial charge < -0.3 is 4.90 Å². The second kappa shape index (κ2) is 10.7. The number of fused-ring (bicyclic) bond motifs is 1. The number of aryl methyl sites for hydroxylation is 1. The van der Waals surface area contributed by atoms with E-state index in [0.29, 0.717) is 5.69 Å². The lowest BCUT2D eigenvalue weighted by atomic mass is 10.0. The van der Waals surface area contributed by atoms with Crippen LogP contribution in [0.5, 0.6) is 0 Å². The molecule has 4 aromatic carbocycles. The van der Waals surface area contributed by atoms with E-state index in [9.17, 15) is 18.8 Å². The van der Waals surface area contributed by atoms with Gasteiger partial charge in [0, 0.05) is 11.1 Å². The molecule has 2 unspecified atom stereocenters. The fourth-order valence-corrected chi connectivity index (χ4v) is 6.30. The zero-order valence-corrected chi connectivity index (χ0v) is 23.3. The van der Waals surface area contributed by atoms with Crippen LogP contribution in [0.3, 0.4) is 0 Å². The second-order valence-electron chi connectivity index (χ2n) is 10.1. The van der Waals surface area contributed by atoms with E-state index in [2.05, 4.69) is 6.07 Å². The SMILES string of the molecule is Cc1ccc2nc(-c3ccc(N4C(=O)CC(N(C(=O)c5ccc(F)cc5)C(C)c5ccccc5)C4=O)cc3)sc2c1. The van der Waals surface area contributed by atoms with E-state index in [4.69, 9.17) is 4.98 Å². The van der Waals surface area contributed by atoms with E-state index in [1.165, 1.54) is 29.2 Å². The van der Waals surface area contributed by atoms with Gasteiger partial charge in [0.25, 0.3) is 11.8 Å². The number of carbonyl (C=O) groups excluding carboxylic acids is 3. The summed E-state index contributed by atoms with van der Waals surface area (Å²) < 4.78 is 14.7. The van der Waals surface area contributed by atoms with Crippen molar-refractivity contribution in [2.24, 2.45) is 0 Å². The topological polar surface area (TPSA) is 70.6 Å². The molecule has 0 aliphatic carbocycles. The van der Waals surface area contributed by atoms with Gasteiger partial charge in [-0.3, -0.25) is 14.4 Å².